The Labute approximate surface area is 98.7 Å². The fraction of sp³-hybridized carbons (Fsp3) is 0.273. The highest BCUT2D eigenvalue weighted by molar-refractivity contribution is 5.79. The summed E-state index contributed by atoms with van der Waals surface area (Å²) < 4.78 is 9.48. The molecule has 0 fully saturated rings. The Balaban J connectivity index is 2.08. The third kappa shape index (κ3) is 6.16. The van der Waals surface area contributed by atoms with Crippen LogP contribution in [0.2, 0.25) is 0 Å². The van der Waals surface area contributed by atoms with Crippen molar-refractivity contribution >= 4 is 12.0 Å². The highest BCUT2D eigenvalue weighted by atomic mass is 16.5. The normalized spacial score (nSPS) is 9.65. The summed E-state index contributed by atoms with van der Waals surface area (Å²) in [6.07, 6.45) is -0.981. The minimum absolute atomic E-state index is 0.0514. The molecule has 1 aromatic rings. The van der Waals surface area contributed by atoms with Crippen molar-refractivity contribution in [2.45, 2.75) is 6.61 Å². The van der Waals surface area contributed by atoms with Crippen molar-refractivity contribution in [1.82, 2.24) is 5.32 Å². The average Bonchev–Trinajstić information content (AvgIpc) is 2.33. The molecule has 0 aromatic heterocycles. The molecule has 0 aliphatic carbocycles. The lowest BCUT2D eigenvalue weighted by atomic mass is 10.2. The van der Waals surface area contributed by atoms with E-state index in [-0.39, 0.29) is 6.73 Å². The van der Waals surface area contributed by atoms with Gasteiger partial charge in [0.2, 0.25) is 0 Å². The topological polar surface area (TPSA) is 90.7 Å². The van der Waals surface area contributed by atoms with Gasteiger partial charge in [0, 0.05) is 0 Å². The van der Waals surface area contributed by atoms with Crippen molar-refractivity contribution in [3.05, 3.63) is 35.9 Å². The molecule has 0 aliphatic rings. The van der Waals surface area contributed by atoms with Crippen molar-refractivity contribution < 1.29 is 19.1 Å². The molecule has 0 radical (unpaired) electrons. The van der Waals surface area contributed by atoms with E-state index < -0.39 is 18.6 Å². The van der Waals surface area contributed by atoms with Crippen LogP contribution in [-0.4, -0.2) is 25.3 Å². The molecule has 0 spiro atoms. The first-order valence-corrected chi connectivity index (χ1v) is 4.99. The second-order valence-corrected chi connectivity index (χ2v) is 3.19. The molecule has 2 amide bonds. The zero-order chi connectivity index (χ0) is 12.5. The van der Waals surface area contributed by atoms with Crippen molar-refractivity contribution in [1.29, 1.82) is 0 Å². The van der Waals surface area contributed by atoms with Crippen LogP contribution in [0.1, 0.15) is 5.56 Å². The van der Waals surface area contributed by atoms with E-state index in [2.05, 4.69) is 10.1 Å². The summed E-state index contributed by atoms with van der Waals surface area (Å²) in [7, 11) is 0. The number of carbonyl (C=O) groups is 2. The van der Waals surface area contributed by atoms with Crippen molar-refractivity contribution in [2.75, 3.05) is 13.3 Å². The molecule has 17 heavy (non-hydrogen) atoms. The number of carbonyl (C=O) groups excluding carboxylic acids is 2. The lowest BCUT2D eigenvalue weighted by molar-refractivity contribution is -0.125. The van der Waals surface area contributed by atoms with Gasteiger partial charge in [-0.1, -0.05) is 30.3 Å². The fourth-order valence-electron chi connectivity index (χ4n) is 1.06. The second-order valence-electron chi connectivity index (χ2n) is 3.19. The lowest BCUT2D eigenvalue weighted by Crippen LogP contribution is -2.31. The SMILES string of the molecule is NC(=O)OCC(=O)NCOCc1ccccc1. The number of rotatable bonds is 6. The van der Waals surface area contributed by atoms with E-state index in [4.69, 9.17) is 10.5 Å². The largest absolute Gasteiger partial charge is 0.440 e. The van der Waals surface area contributed by atoms with Crippen LogP contribution in [0.15, 0.2) is 30.3 Å². The van der Waals surface area contributed by atoms with Gasteiger partial charge in [-0.15, -0.1) is 0 Å². The van der Waals surface area contributed by atoms with Crippen LogP contribution in [0.4, 0.5) is 4.79 Å². The van der Waals surface area contributed by atoms with Crippen LogP contribution >= 0.6 is 0 Å². The zero-order valence-electron chi connectivity index (χ0n) is 9.22. The smallest absolute Gasteiger partial charge is 0.405 e. The highest BCUT2D eigenvalue weighted by Crippen LogP contribution is 1.99. The first-order chi connectivity index (χ1) is 8.18. The number of amides is 2. The van der Waals surface area contributed by atoms with E-state index in [1.165, 1.54) is 0 Å². The number of nitrogens with two attached hydrogens (primary N) is 1. The summed E-state index contributed by atoms with van der Waals surface area (Å²) >= 11 is 0. The van der Waals surface area contributed by atoms with Gasteiger partial charge in [-0.05, 0) is 5.56 Å². The van der Waals surface area contributed by atoms with Crippen LogP contribution < -0.4 is 11.1 Å². The molecule has 0 aliphatic heterocycles. The monoisotopic (exact) mass is 238 g/mol. The minimum atomic E-state index is -0.981. The fourth-order valence-corrected chi connectivity index (χ4v) is 1.06. The highest BCUT2D eigenvalue weighted by Gasteiger charge is 2.02. The number of nitrogens with one attached hydrogen (secondary N) is 1. The lowest BCUT2D eigenvalue weighted by Gasteiger charge is -2.06. The Morgan fingerprint density at radius 3 is 2.59 bits per heavy atom. The summed E-state index contributed by atoms with van der Waals surface area (Å²) in [6.45, 7) is 0.0533. The molecular formula is C11H14N2O4. The van der Waals surface area contributed by atoms with E-state index in [0.29, 0.717) is 6.61 Å². The first-order valence-electron chi connectivity index (χ1n) is 4.99. The molecule has 0 saturated heterocycles. The van der Waals surface area contributed by atoms with E-state index in [9.17, 15) is 9.59 Å². The van der Waals surface area contributed by atoms with Gasteiger partial charge in [0.1, 0.15) is 6.73 Å². The standard InChI is InChI=1S/C11H14N2O4/c12-11(15)17-7-10(14)13-8-16-6-9-4-2-1-3-5-9/h1-5H,6-8H2,(H2,12,15)(H,13,14). The molecular weight excluding hydrogens is 224 g/mol. The molecule has 3 N–H and O–H groups in total. The molecule has 0 atom stereocenters. The van der Waals surface area contributed by atoms with Crippen LogP contribution in [-0.2, 0) is 20.9 Å². The third-order valence-electron chi connectivity index (χ3n) is 1.83. The summed E-state index contributed by atoms with van der Waals surface area (Å²) in [5, 5.41) is 2.41. The maximum Gasteiger partial charge on any atom is 0.405 e. The summed E-state index contributed by atoms with van der Waals surface area (Å²) in [4.78, 5) is 21.2. The van der Waals surface area contributed by atoms with Gasteiger partial charge >= 0.3 is 6.09 Å². The number of hydrogen-bond donors (Lipinski definition) is 2. The van der Waals surface area contributed by atoms with E-state index in [1.54, 1.807) is 0 Å². The van der Waals surface area contributed by atoms with Crippen LogP contribution in [0.3, 0.4) is 0 Å². The zero-order valence-corrected chi connectivity index (χ0v) is 9.22. The molecule has 1 aromatic carbocycles. The Bertz CT molecular complexity index is 367. The molecule has 92 valence electrons. The van der Waals surface area contributed by atoms with E-state index in [0.717, 1.165) is 5.56 Å². The van der Waals surface area contributed by atoms with Gasteiger partial charge in [-0.2, -0.15) is 0 Å². The molecule has 0 saturated carbocycles. The Morgan fingerprint density at radius 1 is 1.24 bits per heavy atom. The van der Waals surface area contributed by atoms with Crippen LogP contribution in [0, 0.1) is 0 Å². The van der Waals surface area contributed by atoms with Gasteiger partial charge in [-0.3, -0.25) is 4.79 Å². The maximum absolute atomic E-state index is 11.0. The van der Waals surface area contributed by atoms with Crippen molar-refractivity contribution in [2.24, 2.45) is 5.73 Å². The molecule has 0 unspecified atom stereocenters. The van der Waals surface area contributed by atoms with E-state index >= 15 is 0 Å². The van der Waals surface area contributed by atoms with Crippen LogP contribution in [0.5, 0.6) is 0 Å². The van der Waals surface area contributed by atoms with Crippen molar-refractivity contribution in [3.8, 4) is 0 Å². The van der Waals surface area contributed by atoms with Crippen molar-refractivity contribution in [3.63, 3.8) is 0 Å². The Morgan fingerprint density at radius 2 is 1.94 bits per heavy atom. The first kappa shape index (κ1) is 13.0. The second kappa shape index (κ2) is 7.24. The third-order valence-corrected chi connectivity index (χ3v) is 1.83. The van der Waals surface area contributed by atoms with E-state index in [1.807, 2.05) is 30.3 Å². The summed E-state index contributed by atoms with van der Waals surface area (Å²) in [5.41, 5.74) is 5.71. The number of primary amides is 1. The van der Waals surface area contributed by atoms with Gasteiger partial charge in [0.05, 0.1) is 6.61 Å². The molecule has 6 nitrogen and oxygen atoms in total. The predicted octanol–water partition coefficient (Wildman–Crippen LogP) is 0.372. The average molecular weight is 238 g/mol. The van der Waals surface area contributed by atoms with Gasteiger partial charge in [-0.25, -0.2) is 4.79 Å². The van der Waals surface area contributed by atoms with Gasteiger partial charge < -0.3 is 20.5 Å². The molecule has 0 heterocycles. The quantitative estimate of drug-likeness (QED) is 0.553. The summed E-state index contributed by atoms with van der Waals surface area (Å²) in [6, 6.07) is 9.54. The number of ether oxygens (including phenoxy) is 2. The Kier molecular flexibility index (Phi) is 5.53. The Hall–Kier alpha value is -2.08. The predicted molar refractivity (Wildman–Crippen MR) is 59.8 cm³/mol. The number of benzene rings is 1. The van der Waals surface area contributed by atoms with Crippen LogP contribution in [0.25, 0.3) is 0 Å². The van der Waals surface area contributed by atoms with Gasteiger partial charge in [0.25, 0.3) is 5.91 Å². The molecule has 6 heteroatoms. The molecule has 1 rings (SSSR count). The minimum Gasteiger partial charge on any atom is -0.440 e. The van der Waals surface area contributed by atoms with Gasteiger partial charge in [0.15, 0.2) is 6.61 Å². The molecule has 0 bridgehead atoms. The number of hydrogen-bond acceptors (Lipinski definition) is 4. The maximum atomic E-state index is 11.0. The summed E-state index contributed by atoms with van der Waals surface area (Å²) in [5.74, 6) is -0.461.